The molecular formula is C12H15ClFN. The highest BCUT2D eigenvalue weighted by atomic mass is 35.5. The highest BCUT2D eigenvalue weighted by molar-refractivity contribution is 6.30. The fourth-order valence-corrected chi connectivity index (χ4v) is 1.46. The molecular weight excluding hydrogens is 213 g/mol. The minimum Gasteiger partial charge on any atom is -0.330 e. The maximum Gasteiger partial charge on any atom is 0.142 e. The molecule has 0 aliphatic heterocycles. The Morgan fingerprint density at radius 3 is 2.73 bits per heavy atom. The van der Waals surface area contributed by atoms with E-state index in [0.717, 1.165) is 5.56 Å². The molecule has 1 nitrogen and oxygen atoms in total. The van der Waals surface area contributed by atoms with Gasteiger partial charge in [-0.1, -0.05) is 30.7 Å². The van der Waals surface area contributed by atoms with Crippen LogP contribution in [0, 0.1) is 11.2 Å². The van der Waals surface area contributed by atoms with Crippen LogP contribution in [0.2, 0.25) is 5.02 Å². The van der Waals surface area contributed by atoms with Crippen molar-refractivity contribution >= 4 is 11.6 Å². The molecule has 2 N–H and O–H groups in total. The van der Waals surface area contributed by atoms with Crippen LogP contribution in [0.15, 0.2) is 30.9 Å². The smallest absolute Gasteiger partial charge is 0.142 e. The number of hydrogen-bond donors (Lipinski definition) is 1. The Hall–Kier alpha value is -0.860. The van der Waals surface area contributed by atoms with E-state index in [1.807, 2.05) is 13.0 Å². The van der Waals surface area contributed by atoms with Crippen molar-refractivity contribution in [2.45, 2.75) is 13.3 Å². The van der Waals surface area contributed by atoms with Gasteiger partial charge in [-0.2, -0.15) is 0 Å². The van der Waals surface area contributed by atoms with Crippen LogP contribution in [0.5, 0.6) is 0 Å². The molecule has 0 saturated heterocycles. The van der Waals surface area contributed by atoms with E-state index in [1.54, 1.807) is 12.1 Å². The summed E-state index contributed by atoms with van der Waals surface area (Å²) in [5.41, 5.74) is 6.33. The number of rotatable bonds is 4. The lowest BCUT2D eigenvalue weighted by atomic mass is 9.84. The van der Waals surface area contributed by atoms with Crippen LogP contribution in [0.25, 0.3) is 0 Å². The van der Waals surface area contributed by atoms with Crippen LogP contribution in [-0.4, -0.2) is 6.54 Å². The first-order valence-electron chi connectivity index (χ1n) is 4.78. The lowest BCUT2D eigenvalue weighted by Gasteiger charge is -2.23. The van der Waals surface area contributed by atoms with Crippen molar-refractivity contribution in [2.24, 2.45) is 11.1 Å². The van der Waals surface area contributed by atoms with E-state index in [0.29, 0.717) is 13.0 Å². The van der Waals surface area contributed by atoms with E-state index in [1.165, 1.54) is 6.07 Å². The average Bonchev–Trinajstić information content (AvgIpc) is 2.23. The molecule has 1 aromatic carbocycles. The molecule has 1 rings (SSSR count). The van der Waals surface area contributed by atoms with Crippen LogP contribution in [0.4, 0.5) is 4.39 Å². The van der Waals surface area contributed by atoms with Gasteiger partial charge in [0.1, 0.15) is 5.82 Å². The van der Waals surface area contributed by atoms with Crippen molar-refractivity contribution in [3.05, 3.63) is 47.3 Å². The molecule has 15 heavy (non-hydrogen) atoms. The molecule has 0 saturated carbocycles. The lowest BCUT2D eigenvalue weighted by molar-refractivity contribution is 0.438. The fraction of sp³-hybridized carbons (Fsp3) is 0.333. The second kappa shape index (κ2) is 4.77. The predicted octanol–water partition coefficient (Wildman–Crippen LogP) is 3.17. The van der Waals surface area contributed by atoms with Crippen LogP contribution >= 0.6 is 11.6 Å². The molecule has 0 aliphatic rings. The number of benzene rings is 1. The fourth-order valence-electron chi connectivity index (χ4n) is 1.34. The Morgan fingerprint density at radius 1 is 1.60 bits per heavy atom. The summed E-state index contributed by atoms with van der Waals surface area (Å²) >= 11 is 5.60. The summed E-state index contributed by atoms with van der Waals surface area (Å²) in [6.45, 7) is 6.22. The molecule has 0 aromatic heterocycles. The molecule has 0 amide bonds. The highest BCUT2D eigenvalue weighted by Crippen LogP contribution is 2.24. The number of hydrogen-bond acceptors (Lipinski definition) is 1. The second-order valence-electron chi connectivity index (χ2n) is 3.99. The van der Waals surface area contributed by atoms with Crippen molar-refractivity contribution in [1.82, 2.24) is 0 Å². The van der Waals surface area contributed by atoms with Gasteiger partial charge in [0.2, 0.25) is 0 Å². The Labute approximate surface area is 94.7 Å². The highest BCUT2D eigenvalue weighted by Gasteiger charge is 2.19. The minimum atomic E-state index is -0.391. The van der Waals surface area contributed by atoms with Gasteiger partial charge >= 0.3 is 0 Å². The maximum atomic E-state index is 13.2. The summed E-state index contributed by atoms with van der Waals surface area (Å²) in [6, 6.07) is 4.81. The summed E-state index contributed by atoms with van der Waals surface area (Å²) in [7, 11) is 0. The summed E-state index contributed by atoms with van der Waals surface area (Å²) in [6.07, 6.45) is 2.47. The van der Waals surface area contributed by atoms with Crippen LogP contribution in [-0.2, 0) is 6.42 Å². The molecule has 0 fully saturated rings. The Balaban J connectivity index is 2.89. The zero-order valence-electron chi connectivity index (χ0n) is 8.76. The molecule has 0 bridgehead atoms. The first kappa shape index (κ1) is 12.2. The van der Waals surface area contributed by atoms with Gasteiger partial charge in [0, 0.05) is 12.0 Å². The molecule has 0 aliphatic carbocycles. The van der Waals surface area contributed by atoms with Crippen molar-refractivity contribution < 1.29 is 4.39 Å². The molecule has 0 spiro atoms. The molecule has 1 unspecified atom stereocenters. The summed E-state index contributed by atoms with van der Waals surface area (Å²) in [4.78, 5) is 0. The van der Waals surface area contributed by atoms with Crippen molar-refractivity contribution in [2.75, 3.05) is 6.54 Å². The zero-order valence-corrected chi connectivity index (χ0v) is 9.52. The summed E-state index contributed by atoms with van der Waals surface area (Å²) in [5.74, 6) is -0.391. The van der Waals surface area contributed by atoms with Crippen LogP contribution < -0.4 is 5.73 Å². The molecule has 1 atom stereocenters. The maximum absolute atomic E-state index is 13.2. The topological polar surface area (TPSA) is 26.0 Å². The van der Waals surface area contributed by atoms with Gasteiger partial charge in [0.25, 0.3) is 0 Å². The van der Waals surface area contributed by atoms with Crippen LogP contribution in [0.3, 0.4) is 0 Å². The van der Waals surface area contributed by atoms with Crippen LogP contribution in [0.1, 0.15) is 12.5 Å². The zero-order chi connectivity index (χ0) is 11.5. The first-order valence-corrected chi connectivity index (χ1v) is 5.16. The van der Waals surface area contributed by atoms with E-state index >= 15 is 0 Å². The molecule has 82 valence electrons. The van der Waals surface area contributed by atoms with Gasteiger partial charge in [-0.15, -0.1) is 6.58 Å². The first-order chi connectivity index (χ1) is 7.00. The number of halogens is 2. The van der Waals surface area contributed by atoms with Gasteiger partial charge in [-0.25, -0.2) is 4.39 Å². The number of nitrogens with two attached hydrogens (primary N) is 1. The standard InChI is InChI=1S/C12H15ClFN/c1-3-12(2,8-15)7-9-4-5-10(13)11(14)6-9/h3-6H,1,7-8,15H2,2H3. The van der Waals surface area contributed by atoms with E-state index in [-0.39, 0.29) is 10.4 Å². The summed E-state index contributed by atoms with van der Waals surface area (Å²) < 4.78 is 13.2. The van der Waals surface area contributed by atoms with E-state index in [2.05, 4.69) is 6.58 Å². The SMILES string of the molecule is C=CC(C)(CN)Cc1ccc(Cl)c(F)c1. The third-order valence-electron chi connectivity index (χ3n) is 2.55. The third kappa shape index (κ3) is 3.05. The van der Waals surface area contributed by atoms with E-state index < -0.39 is 5.82 Å². The summed E-state index contributed by atoms with van der Waals surface area (Å²) in [5, 5.41) is 0.145. The van der Waals surface area contributed by atoms with Gasteiger partial charge in [0.05, 0.1) is 5.02 Å². The van der Waals surface area contributed by atoms with Gasteiger partial charge in [-0.05, 0) is 24.1 Å². The molecule has 1 aromatic rings. The lowest BCUT2D eigenvalue weighted by Crippen LogP contribution is -2.27. The predicted molar refractivity (Wildman–Crippen MR) is 62.5 cm³/mol. The quantitative estimate of drug-likeness (QED) is 0.786. The normalized spacial score (nSPS) is 14.7. The molecule has 3 heteroatoms. The van der Waals surface area contributed by atoms with E-state index in [4.69, 9.17) is 17.3 Å². The molecule has 0 radical (unpaired) electrons. The minimum absolute atomic E-state index is 0.145. The van der Waals surface area contributed by atoms with Gasteiger partial charge in [0.15, 0.2) is 0 Å². The van der Waals surface area contributed by atoms with Crippen molar-refractivity contribution in [3.63, 3.8) is 0 Å². The van der Waals surface area contributed by atoms with Crippen molar-refractivity contribution in [1.29, 1.82) is 0 Å². The van der Waals surface area contributed by atoms with Crippen molar-refractivity contribution in [3.8, 4) is 0 Å². The monoisotopic (exact) mass is 227 g/mol. The largest absolute Gasteiger partial charge is 0.330 e. The third-order valence-corrected chi connectivity index (χ3v) is 2.86. The average molecular weight is 228 g/mol. The van der Waals surface area contributed by atoms with Gasteiger partial charge in [-0.3, -0.25) is 0 Å². The Kier molecular flexibility index (Phi) is 3.89. The van der Waals surface area contributed by atoms with Gasteiger partial charge < -0.3 is 5.73 Å². The molecule has 0 heterocycles. The second-order valence-corrected chi connectivity index (χ2v) is 4.39. The Morgan fingerprint density at radius 2 is 2.27 bits per heavy atom. The van der Waals surface area contributed by atoms with E-state index in [9.17, 15) is 4.39 Å². The Bertz CT molecular complexity index is 365.